The molecule has 0 saturated carbocycles. The number of benzene rings is 1. The van der Waals surface area contributed by atoms with E-state index >= 15 is 0 Å². The maximum absolute atomic E-state index is 11.8. The lowest BCUT2D eigenvalue weighted by Crippen LogP contribution is -2.46. The van der Waals surface area contributed by atoms with Crippen molar-refractivity contribution in [2.45, 2.75) is 6.30 Å². The van der Waals surface area contributed by atoms with Gasteiger partial charge in [-0.25, -0.2) is 0 Å². The van der Waals surface area contributed by atoms with Gasteiger partial charge in [-0.1, -0.05) is 30.3 Å². The first-order valence-corrected chi connectivity index (χ1v) is 4.84. The number of alkyl halides is 3. The lowest BCUT2D eigenvalue weighted by atomic mass is 10.2. The third kappa shape index (κ3) is 5.69. The molecule has 1 rings (SSSR count). The minimum atomic E-state index is -4.74. The summed E-state index contributed by atoms with van der Waals surface area (Å²) in [6, 6.07) is 8.75. The van der Waals surface area contributed by atoms with E-state index in [0.717, 1.165) is 17.0 Å². The van der Waals surface area contributed by atoms with E-state index in [-0.39, 0.29) is 0 Å². The molecule has 4 nitrogen and oxygen atoms in total. The molecule has 1 aromatic carbocycles. The third-order valence-electron chi connectivity index (χ3n) is 1.74. The van der Waals surface area contributed by atoms with Crippen LogP contribution in [0.3, 0.4) is 0 Å². The summed E-state index contributed by atoms with van der Waals surface area (Å²) in [4.78, 5) is 11.2. The molecule has 3 N–H and O–H groups in total. The quantitative estimate of drug-likeness (QED) is 0.328. The smallest absolute Gasteiger partial charge is 0.293 e. The molecule has 0 spiro atoms. The number of hydrogen-bond acceptors (Lipinski definition) is 2. The van der Waals surface area contributed by atoms with Crippen LogP contribution < -0.4 is 10.6 Å². The Balaban J connectivity index is 2.47. The molecule has 1 aromatic rings. The lowest BCUT2D eigenvalue weighted by Gasteiger charge is -2.10. The van der Waals surface area contributed by atoms with Gasteiger partial charge in [0.05, 0.1) is 0 Å². The fraction of sp³-hybridized carbons (Fsp3) is 0.0909. The van der Waals surface area contributed by atoms with Gasteiger partial charge in [0.15, 0.2) is 0 Å². The van der Waals surface area contributed by atoms with Crippen molar-refractivity contribution >= 4 is 17.9 Å². The fourth-order valence-electron chi connectivity index (χ4n) is 1.07. The summed E-state index contributed by atoms with van der Waals surface area (Å²) in [6.45, 7) is 0. The third-order valence-corrected chi connectivity index (χ3v) is 1.74. The molecule has 0 fully saturated rings. The molecule has 0 heterocycles. The zero-order chi connectivity index (χ0) is 13.6. The van der Waals surface area contributed by atoms with Crippen LogP contribution in [0.15, 0.2) is 36.4 Å². The number of rotatable bonds is 2. The standard InChI is InChI=1S/C11H10F3N3O/c12-11(13,14)17-10(15)16-9(18)7-6-8-4-2-1-3-5-8/h1-7H,(H3,15,16,17,18)/b7-6+. The average Bonchev–Trinajstić information content (AvgIpc) is 2.25. The molecule has 0 aromatic heterocycles. The molecule has 7 heteroatoms. The Morgan fingerprint density at radius 3 is 2.39 bits per heavy atom. The molecule has 96 valence electrons. The monoisotopic (exact) mass is 257 g/mol. The summed E-state index contributed by atoms with van der Waals surface area (Å²) in [5, 5.41) is 9.46. The van der Waals surface area contributed by atoms with Crippen LogP contribution in [0.2, 0.25) is 0 Å². The molecule has 0 saturated heterocycles. The summed E-state index contributed by atoms with van der Waals surface area (Å²) in [5.74, 6) is -1.94. The number of amides is 1. The van der Waals surface area contributed by atoms with Gasteiger partial charge in [0.25, 0.3) is 5.91 Å². The van der Waals surface area contributed by atoms with Crippen molar-refractivity contribution in [2.24, 2.45) is 0 Å². The van der Waals surface area contributed by atoms with Crippen LogP contribution in [0.4, 0.5) is 13.2 Å². The molecule has 0 unspecified atom stereocenters. The fourth-order valence-corrected chi connectivity index (χ4v) is 1.07. The molecule has 0 aliphatic rings. The summed E-state index contributed by atoms with van der Waals surface area (Å²) in [6.07, 6.45) is -2.27. The molecule has 0 aliphatic carbocycles. The summed E-state index contributed by atoms with van der Waals surface area (Å²) >= 11 is 0. The maximum atomic E-state index is 11.8. The molecular formula is C11H10F3N3O. The first-order chi connectivity index (χ1) is 8.37. The maximum Gasteiger partial charge on any atom is 0.484 e. The highest BCUT2D eigenvalue weighted by Crippen LogP contribution is 2.08. The minimum Gasteiger partial charge on any atom is -0.293 e. The van der Waals surface area contributed by atoms with Crippen molar-refractivity contribution < 1.29 is 18.0 Å². The Labute approximate surface area is 101 Å². The molecule has 18 heavy (non-hydrogen) atoms. The van der Waals surface area contributed by atoms with Crippen LogP contribution in [0.1, 0.15) is 5.56 Å². The van der Waals surface area contributed by atoms with E-state index in [1.807, 2.05) is 0 Å². The number of carbonyl (C=O) groups excluding carboxylic acids is 1. The second-order valence-corrected chi connectivity index (χ2v) is 3.23. The summed E-state index contributed by atoms with van der Waals surface area (Å²) in [5.41, 5.74) is 0.725. The van der Waals surface area contributed by atoms with Gasteiger partial charge in [0, 0.05) is 6.08 Å². The second kappa shape index (κ2) is 5.85. The number of carbonyl (C=O) groups is 1. The van der Waals surface area contributed by atoms with Crippen LogP contribution in [0, 0.1) is 5.41 Å². The highest BCUT2D eigenvalue weighted by atomic mass is 19.4. The molecule has 0 bridgehead atoms. The first kappa shape index (κ1) is 13.8. The highest BCUT2D eigenvalue weighted by Gasteiger charge is 2.28. The Morgan fingerprint density at radius 2 is 1.83 bits per heavy atom. The van der Waals surface area contributed by atoms with Crippen molar-refractivity contribution in [1.29, 1.82) is 5.41 Å². The average molecular weight is 257 g/mol. The Bertz CT molecular complexity index is 454. The zero-order valence-electron chi connectivity index (χ0n) is 9.08. The largest absolute Gasteiger partial charge is 0.484 e. The van der Waals surface area contributed by atoms with E-state index in [2.05, 4.69) is 0 Å². The normalized spacial score (nSPS) is 11.3. The Hall–Kier alpha value is -2.31. The highest BCUT2D eigenvalue weighted by molar-refractivity contribution is 6.03. The van der Waals surface area contributed by atoms with Crippen molar-refractivity contribution in [1.82, 2.24) is 10.6 Å². The van der Waals surface area contributed by atoms with Gasteiger partial charge < -0.3 is 0 Å². The van der Waals surface area contributed by atoms with Crippen molar-refractivity contribution in [3.8, 4) is 0 Å². The van der Waals surface area contributed by atoms with E-state index in [4.69, 9.17) is 5.41 Å². The SMILES string of the molecule is N=C(NC(=O)/C=C/c1ccccc1)NC(F)(F)F. The van der Waals surface area contributed by atoms with Crippen LogP contribution in [0.5, 0.6) is 0 Å². The number of nitrogens with one attached hydrogen (secondary N) is 3. The van der Waals surface area contributed by atoms with Crippen molar-refractivity contribution in [3.05, 3.63) is 42.0 Å². The van der Waals surface area contributed by atoms with Crippen molar-refractivity contribution in [2.75, 3.05) is 0 Å². The van der Waals surface area contributed by atoms with Crippen LogP contribution in [-0.4, -0.2) is 18.2 Å². The summed E-state index contributed by atoms with van der Waals surface area (Å²) in [7, 11) is 0. The Morgan fingerprint density at radius 1 is 1.22 bits per heavy atom. The lowest BCUT2D eigenvalue weighted by molar-refractivity contribution is -0.142. The van der Waals surface area contributed by atoms with E-state index in [1.165, 1.54) is 6.08 Å². The van der Waals surface area contributed by atoms with Crippen LogP contribution in [-0.2, 0) is 4.79 Å². The molecular weight excluding hydrogens is 247 g/mol. The summed E-state index contributed by atoms with van der Waals surface area (Å²) < 4.78 is 35.4. The first-order valence-electron chi connectivity index (χ1n) is 4.84. The van der Waals surface area contributed by atoms with Gasteiger partial charge in [-0.05, 0) is 11.6 Å². The number of halogens is 3. The van der Waals surface area contributed by atoms with Gasteiger partial charge >= 0.3 is 6.30 Å². The van der Waals surface area contributed by atoms with Gasteiger partial charge in [-0.2, -0.15) is 13.2 Å². The van der Waals surface area contributed by atoms with E-state index < -0.39 is 18.2 Å². The number of hydrogen-bond donors (Lipinski definition) is 3. The molecule has 0 radical (unpaired) electrons. The zero-order valence-corrected chi connectivity index (χ0v) is 9.08. The van der Waals surface area contributed by atoms with Gasteiger partial charge in [-0.3, -0.25) is 20.8 Å². The Kier molecular flexibility index (Phi) is 4.47. The predicted octanol–water partition coefficient (Wildman–Crippen LogP) is 1.86. The van der Waals surface area contributed by atoms with E-state index in [1.54, 1.807) is 35.6 Å². The van der Waals surface area contributed by atoms with Crippen LogP contribution >= 0.6 is 0 Å². The number of guanidine groups is 1. The van der Waals surface area contributed by atoms with E-state index in [0.29, 0.717) is 0 Å². The second-order valence-electron chi connectivity index (χ2n) is 3.23. The van der Waals surface area contributed by atoms with Gasteiger partial charge in [0.2, 0.25) is 5.96 Å². The molecule has 1 amide bonds. The van der Waals surface area contributed by atoms with Crippen LogP contribution in [0.25, 0.3) is 6.08 Å². The van der Waals surface area contributed by atoms with Gasteiger partial charge in [-0.15, -0.1) is 0 Å². The van der Waals surface area contributed by atoms with Gasteiger partial charge in [0.1, 0.15) is 0 Å². The predicted molar refractivity (Wildman–Crippen MR) is 60.5 cm³/mol. The molecule has 0 atom stereocenters. The molecule has 0 aliphatic heterocycles. The topological polar surface area (TPSA) is 65.0 Å². The minimum absolute atomic E-state index is 0.725. The van der Waals surface area contributed by atoms with E-state index in [9.17, 15) is 18.0 Å². The van der Waals surface area contributed by atoms with Crippen molar-refractivity contribution in [3.63, 3.8) is 0 Å².